The van der Waals surface area contributed by atoms with E-state index in [1.165, 1.54) is 0 Å². The number of amides is 2. The summed E-state index contributed by atoms with van der Waals surface area (Å²) in [4.78, 5) is 32.3. The zero-order chi connectivity index (χ0) is 21.0. The summed E-state index contributed by atoms with van der Waals surface area (Å²) in [5, 5.41) is 3.11. The molecule has 1 unspecified atom stereocenters. The lowest BCUT2D eigenvalue weighted by atomic mass is 9.99. The van der Waals surface area contributed by atoms with Gasteiger partial charge in [-0.3, -0.25) is 9.59 Å². The Morgan fingerprint density at radius 3 is 2.48 bits per heavy atom. The highest BCUT2D eigenvalue weighted by atomic mass is 16.2. The lowest BCUT2D eigenvalue weighted by Crippen LogP contribution is -2.40. The number of benzene rings is 1. The highest BCUT2D eigenvalue weighted by molar-refractivity contribution is 5.82. The van der Waals surface area contributed by atoms with Crippen LogP contribution in [0.2, 0.25) is 0 Å². The van der Waals surface area contributed by atoms with Gasteiger partial charge in [-0.05, 0) is 50.7 Å². The molecule has 0 aliphatic carbocycles. The third kappa shape index (κ3) is 4.80. The average molecular weight is 399 g/mol. The first-order valence-corrected chi connectivity index (χ1v) is 11.0. The summed E-state index contributed by atoms with van der Waals surface area (Å²) >= 11 is 0. The van der Waals surface area contributed by atoms with Crippen LogP contribution in [0.5, 0.6) is 0 Å². The first kappa shape index (κ1) is 21.3. The Labute approximate surface area is 173 Å². The molecule has 1 aliphatic heterocycles. The van der Waals surface area contributed by atoms with Crippen LogP contribution < -0.4 is 5.32 Å². The quantitative estimate of drug-likeness (QED) is 0.769. The fourth-order valence-electron chi connectivity index (χ4n) is 4.14. The van der Waals surface area contributed by atoms with Gasteiger partial charge in [-0.25, -0.2) is 4.98 Å². The number of carbonyl (C=O) groups excluding carboxylic acids is 2. The summed E-state index contributed by atoms with van der Waals surface area (Å²) in [6.07, 6.45) is 3.75. The molecule has 1 fully saturated rings. The number of para-hydroxylation sites is 2. The molecule has 0 saturated carbocycles. The van der Waals surface area contributed by atoms with Crippen molar-refractivity contribution in [2.24, 2.45) is 11.8 Å². The topological polar surface area (TPSA) is 67.2 Å². The highest BCUT2D eigenvalue weighted by Crippen LogP contribution is 2.23. The summed E-state index contributed by atoms with van der Waals surface area (Å²) < 4.78 is 1.98. The molecule has 0 bridgehead atoms. The van der Waals surface area contributed by atoms with Crippen LogP contribution in [-0.2, 0) is 16.1 Å². The molecule has 0 spiro atoms. The van der Waals surface area contributed by atoms with Crippen molar-refractivity contribution in [3.05, 3.63) is 30.1 Å². The van der Waals surface area contributed by atoms with E-state index in [4.69, 9.17) is 4.98 Å². The van der Waals surface area contributed by atoms with Crippen LogP contribution in [0.3, 0.4) is 0 Å². The first-order chi connectivity index (χ1) is 13.9. The summed E-state index contributed by atoms with van der Waals surface area (Å²) in [6.45, 7) is 10.2. The molecule has 2 aromatic rings. The first-order valence-electron chi connectivity index (χ1n) is 11.0. The molecule has 29 heavy (non-hydrogen) atoms. The van der Waals surface area contributed by atoms with E-state index >= 15 is 0 Å². The lowest BCUT2D eigenvalue weighted by Gasteiger charge is -2.30. The number of carbonyl (C=O) groups is 2. The second-order valence-corrected chi connectivity index (χ2v) is 8.35. The molecule has 2 heterocycles. The summed E-state index contributed by atoms with van der Waals surface area (Å²) in [7, 11) is 0. The van der Waals surface area contributed by atoms with Crippen molar-refractivity contribution in [1.29, 1.82) is 0 Å². The summed E-state index contributed by atoms with van der Waals surface area (Å²) in [5.74, 6) is 1.61. The number of likely N-dealkylation sites (tertiary alicyclic amines) is 1. The van der Waals surface area contributed by atoms with Crippen LogP contribution in [0.4, 0.5) is 0 Å². The molecule has 1 aromatic heterocycles. The van der Waals surface area contributed by atoms with E-state index in [1.54, 1.807) is 0 Å². The number of hydrogen-bond donors (Lipinski definition) is 1. The monoisotopic (exact) mass is 398 g/mol. The predicted molar refractivity (Wildman–Crippen MR) is 115 cm³/mol. The van der Waals surface area contributed by atoms with Gasteiger partial charge in [0.1, 0.15) is 12.4 Å². The van der Waals surface area contributed by atoms with Gasteiger partial charge in [0.25, 0.3) is 0 Å². The van der Waals surface area contributed by atoms with Gasteiger partial charge in [-0.15, -0.1) is 0 Å². The number of rotatable bonds is 7. The number of hydrogen-bond acceptors (Lipinski definition) is 3. The number of imidazole rings is 1. The average Bonchev–Trinajstić information content (AvgIpc) is 3.08. The molecule has 6 heteroatoms. The van der Waals surface area contributed by atoms with E-state index < -0.39 is 0 Å². The minimum atomic E-state index is -0.260. The molecule has 3 rings (SSSR count). The van der Waals surface area contributed by atoms with E-state index in [2.05, 4.69) is 12.2 Å². The minimum Gasteiger partial charge on any atom is -0.346 e. The SMILES string of the molecule is CCC(CC)C(=O)NC(C)c1nc2ccccc2n1CC(=O)N1CCC(C)CC1. The van der Waals surface area contributed by atoms with Crippen LogP contribution in [0.1, 0.15) is 65.2 Å². The third-order valence-electron chi connectivity index (χ3n) is 6.22. The fraction of sp³-hybridized carbons (Fsp3) is 0.609. The van der Waals surface area contributed by atoms with Crippen molar-refractivity contribution < 1.29 is 9.59 Å². The molecule has 158 valence electrons. The van der Waals surface area contributed by atoms with Crippen molar-refractivity contribution in [2.75, 3.05) is 13.1 Å². The normalized spacial score (nSPS) is 16.4. The maximum absolute atomic E-state index is 13.0. The van der Waals surface area contributed by atoms with Gasteiger partial charge in [0.05, 0.1) is 17.1 Å². The van der Waals surface area contributed by atoms with E-state index in [9.17, 15) is 9.59 Å². The van der Waals surface area contributed by atoms with Gasteiger partial charge in [-0.1, -0.05) is 32.9 Å². The summed E-state index contributed by atoms with van der Waals surface area (Å²) in [6, 6.07) is 7.60. The zero-order valence-electron chi connectivity index (χ0n) is 18.1. The van der Waals surface area contributed by atoms with E-state index in [0.717, 1.165) is 55.6 Å². The molecule has 1 atom stereocenters. The van der Waals surface area contributed by atoms with Crippen LogP contribution >= 0.6 is 0 Å². The van der Waals surface area contributed by atoms with Gasteiger partial charge < -0.3 is 14.8 Å². The number of nitrogens with one attached hydrogen (secondary N) is 1. The molecule has 2 amide bonds. The van der Waals surface area contributed by atoms with E-state index in [-0.39, 0.29) is 30.3 Å². The number of aromatic nitrogens is 2. The van der Waals surface area contributed by atoms with Crippen LogP contribution in [-0.4, -0.2) is 39.4 Å². The standard InChI is InChI=1S/C23H34N4O2/c1-5-18(6-2)23(29)24-17(4)22-25-19-9-7-8-10-20(19)27(22)15-21(28)26-13-11-16(3)12-14-26/h7-10,16-18H,5-6,11-15H2,1-4H3,(H,24,29). The van der Waals surface area contributed by atoms with Crippen molar-refractivity contribution in [1.82, 2.24) is 19.8 Å². The Morgan fingerprint density at radius 2 is 1.83 bits per heavy atom. The Hall–Kier alpha value is -2.37. The Morgan fingerprint density at radius 1 is 1.17 bits per heavy atom. The second kappa shape index (κ2) is 9.42. The van der Waals surface area contributed by atoms with E-state index in [1.807, 2.05) is 54.5 Å². The Kier molecular flexibility index (Phi) is 6.93. The van der Waals surface area contributed by atoms with Gasteiger partial charge in [0.15, 0.2) is 0 Å². The molecule has 1 N–H and O–H groups in total. The smallest absolute Gasteiger partial charge is 0.242 e. The predicted octanol–water partition coefficient (Wildman–Crippen LogP) is 3.91. The van der Waals surface area contributed by atoms with Crippen LogP contribution in [0, 0.1) is 11.8 Å². The minimum absolute atomic E-state index is 0.00671. The molecule has 1 aromatic carbocycles. The summed E-state index contributed by atoms with van der Waals surface area (Å²) in [5.41, 5.74) is 1.79. The van der Waals surface area contributed by atoms with E-state index in [0.29, 0.717) is 5.92 Å². The number of fused-ring (bicyclic) bond motifs is 1. The maximum atomic E-state index is 13.0. The lowest BCUT2D eigenvalue weighted by molar-refractivity contribution is -0.133. The van der Waals surface area contributed by atoms with Crippen LogP contribution in [0.15, 0.2) is 24.3 Å². The Balaban J connectivity index is 1.84. The second-order valence-electron chi connectivity index (χ2n) is 8.35. The third-order valence-corrected chi connectivity index (χ3v) is 6.22. The van der Waals surface area contributed by atoms with Gasteiger partial charge in [0, 0.05) is 19.0 Å². The maximum Gasteiger partial charge on any atom is 0.242 e. The molecule has 1 saturated heterocycles. The van der Waals surface area contributed by atoms with Gasteiger partial charge in [-0.2, -0.15) is 0 Å². The van der Waals surface area contributed by atoms with Crippen LogP contribution in [0.25, 0.3) is 11.0 Å². The largest absolute Gasteiger partial charge is 0.346 e. The van der Waals surface area contributed by atoms with Crippen molar-refractivity contribution in [3.8, 4) is 0 Å². The Bertz CT molecular complexity index is 848. The molecule has 0 radical (unpaired) electrons. The van der Waals surface area contributed by atoms with Gasteiger partial charge in [0.2, 0.25) is 11.8 Å². The molecule has 6 nitrogen and oxygen atoms in total. The van der Waals surface area contributed by atoms with Crippen molar-refractivity contribution >= 4 is 22.8 Å². The molecular formula is C23H34N4O2. The fourth-order valence-corrected chi connectivity index (χ4v) is 4.14. The number of nitrogens with zero attached hydrogens (tertiary/aromatic N) is 3. The highest BCUT2D eigenvalue weighted by Gasteiger charge is 2.25. The number of piperidine rings is 1. The van der Waals surface area contributed by atoms with Crippen molar-refractivity contribution in [2.45, 2.75) is 66.0 Å². The van der Waals surface area contributed by atoms with Gasteiger partial charge >= 0.3 is 0 Å². The molecule has 1 aliphatic rings. The molecular weight excluding hydrogens is 364 g/mol. The van der Waals surface area contributed by atoms with Crippen molar-refractivity contribution in [3.63, 3.8) is 0 Å². The zero-order valence-corrected chi connectivity index (χ0v) is 18.1.